The minimum Gasteiger partial charge on any atom is -0.339 e. The molecule has 1 aliphatic heterocycles. The van der Waals surface area contributed by atoms with Crippen molar-refractivity contribution < 1.29 is 16.8 Å². The summed E-state index contributed by atoms with van der Waals surface area (Å²) < 4.78 is 51.1. The number of hydrogen-bond acceptors (Lipinski definition) is 5. The van der Waals surface area contributed by atoms with Crippen molar-refractivity contribution in [2.45, 2.75) is 24.1 Å². The molecule has 0 atom stereocenters. The van der Waals surface area contributed by atoms with Gasteiger partial charge in [0.15, 0.2) is 14.9 Å². The maximum absolute atomic E-state index is 12.2. The summed E-state index contributed by atoms with van der Waals surface area (Å²) >= 11 is 0. The van der Waals surface area contributed by atoms with Crippen LogP contribution < -0.4 is 0 Å². The molecule has 1 aromatic rings. The first-order valence-electron chi connectivity index (χ1n) is 6.32. The molecule has 2 heterocycles. The lowest BCUT2D eigenvalue weighted by molar-refractivity contribution is 0.308. The molecule has 1 fully saturated rings. The summed E-state index contributed by atoms with van der Waals surface area (Å²) in [5.41, 5.74) is 0. The van der Waals surface area contributed by atoms with Gasteiger partial charge in [0.05, 0.1) is 17.3 Å². The lowest BCUT2D eigenvalue weighted by atomic mass is 10.3. The monoisotopic (exact) mass is 321 g/mol. The van der Waals surface area contributed by atoms with Gasteiger partial charge in [-0.1, -0.05) is 13.8 Å². The lowest BCUT2D eigenvalue weighted by Gasteiger charge is -2.37. The molecule has 0 bridgehead atoms. The van der Waals surface area contributed by atoms with Crippen molar-refractivity contribution in [2.24, 2.45) is 13.0 Å². The van der Waals surface area contributed by atoms with Gasteiger partial charge in [-0.15, -0.1) is 0 Å². The highest BCUT2D eigenvalue weighted by atomic mass is 32.2. The Morgan fingerprint density at radius 2 is 1.90 bits per heavy atom. The summed E-state index contributed by atoms with van der Waals surface area (Å²) in [5.74, 6) is 0.135. The van der Waals surface area contributed by atoms with Crippen molar-refractivity contribution in [2.75, 3.05) is 18.8 Å². The van der Waals surface area contributed by atoms with Gasteiger partial charge in [0.25, 0.3) is 10.0 Å². The Kier molecular flexibility index (Phi) is 3.96. The number of sulfonamides is 1. The summed E-state index contributed by atoms with van der Waals surface area (Å²) in [4.78, 5) is 3.81. The van der Waals surface area contributed by atoms with Crippen LogP contribution in [0.25, 0.3) is 0 Å². The second kappa shape index (κ2) is 5.12. The van der Waals surface area contributed by atoms with E-state index in [2.05, 4.69) is 4.98 Å². The van der Waals surface area contributed by atoms with E-state index in [-0.39, 0.29) is 29.8 Å². The molecule has 9 heteroatoms. The Labute approximate surface area is 119 Å². The predicted molar refractivity (Wildman–Crippen MR) is 74.4 cm³/mol. The zero-order chi connectivity index (χ0) is 15.1. The van der Waals surface area contributed by atoms with Gasteiger partial charge in [0, 0.05) is 26.3 Å². The van der Waals surface area contributed by atoms with Crippen LogP contribution in [-0.4, -0.2) is 54.8 Å². The molecule has 2 rings (SSSR count). The molecule has 0 amide bonds. The number of rotatable bonds is 5. The van der Waals surface area contributed by atoms with Crippen molar-refractivity contribution in [3.05, 3.63) is 12.5 Å². The molecule has 0 unspecified atom stereocenters. The average Bonchev–Trinajstić information content (AvgIpc) is 2.59. The maximum atomic E-state index is 12.2. The van der Waals surface area contributed by atoms with Crippen molar-refractivity contribution >= 4 is 19.9 Å². The standard InChI is InChI=1S/C11H19N3O4S2/c1-9(2)7-19(15,16)10-4-14(5-10)20(17,18)11-6-13(3)8-12-11/h6,8-10H,4-5,7H2,1-3H3. The van der Waals surface area contributed by atoms with Gasteiger partial charge in [-0.2, -0.15) is 4.31 Å². The summed E-state index contributed by atoms with van der Waals surface area (Å²) in [5, 5.41) is -0.636. The molecule has 0 spiro atoms. The lowest BCUT2D eigenvalue weighted by Crippen LogP contribution is -2.57. The molecular weight excluding hydrogens is 302 g/mol. The largest absolute Gasteiger partial charge is 0.339 e. The van der Waals surface area contributed by atoms with Crippen LogP contribution in [0.5, 0.6) is 0 Å². The van der Waals surface area contributed by atoms with Crippen molar-refractivity contribution in [3.63, 3.8) is 0 Å². The van der Waals surface area contributed by atoms with E-state index in [4.69, 9.17) is 0 Å². The Hall–Kier alpha value is -0.930. The minimum absolute atomic E-state index is 0.0218. The summed E-state index contributed by atoms with van der Waals surface area (Å²) in [6, 6.07) is 0. The van der Waals surface area contributed by atoms with Gasteiger partial charge in [-0.3, -0.25) is 0 Å². The van der Waals surface area contributed by atoms with E-state index in [9.17, 15) is 16.8 Å². The molecule has 0 N–H and O–H groups in total. The second-order valence-electron chi connectivity index (χ2n) is 5.54. The highest BCUT2D eigenvalue weighted by Crippen LogP contribution is 2.25. The van der Waals surface area contributed by atoms with Crippen molar-refractivity contribution in [3.8, 4) is 0 Å². The summed E-state index contributed by atoms with van der Waals surface area (Å²) in [6.07, 6.45) is 2.81. The molecule has 0 aromatic carbocycles. The normalized spacial score (nSPS) is 18.4. The van der Waals surface area contributed by atoms with Crippen LogP contribution in [0.15, 0.2) is 17.6 Å². The number of hydrogen-bond donors (Lipinski definition) is 0. The van der Waals surface area contributed by atoms with E-state index in [0.29, 0.717) is 0 Å². The highest BCUT2D eigenvalue weighted by molar-refractivity contribution is 7.92. The van der Waals surface area contributed by atoms with Crippen LogP contribution in [0.2, 0.25) is 0 Å². The zero-order valence-corrected chi connectivity index (χ0v) is 13.4. The molecule has 1 saturated heterocycles. The molecule has 1 aromatic heterocycles. The number of aryl methyl sites for hydroxylation is 1. The zero-order valence-electron chi connectivity index (χ0n) is 11.7. The van der Waals surface area contributed by atoms with E-state index < -0.39 is 25.1 Å². The third-order valence-electron chi connectivity index (χ3n) is 3.17. The van der Waals surface area contributed by atoms with Gasteiger partial charge in [0.1, 0.15) is 0 Å². The third-order valence-corrected chi connectivity index (χ3v) is 7.34. The molecule has 1 aliphatic rings. The molecule has 7 nitrogen and oxygen atoms in total. The van der Waals surface area contributed by atoms with Crippen LogP contribution in [-0.2, 0) is 26.9 Å². The Bertz CT molecular complexity index is 685. The minimum atomic E-state index is -3.67. The third kappa shape index (κ3) is 2.89. The maximum Gasteiger partial charge on any atom is 0.262 e. The van der Waals surface area contributed by atoms with Gasteiger partial charge in [0.2, 0.25) is 0 Å². The molecule has 20 heavy (non-hydrogen) atoms. The predicted octanol–water partition coefficient (Wildman–Crippen LogP) is -0.136. The fraction of sp³-hybridized carbons (Fsp3) is 0.727. The molecule has 0 radical (unpaired) electrons. The van der Waals surface area contributed by atoms with E-state index in [1.54, 1.807) is 11.6 Å². The first-order valence-corrected chi connectivity index (χ1v) is 9.48. The van der Waals surface area contributed by atoms with Crippen LogP contribution in [0.1, 0.15) is 13.8 Å². The van der Waals surface area contributed by atoms with Crippen LogP contribution >= 0.6 is 0 Å². The van der Waals surface area contributed by atoms with Crippen LogP contribution in [0.4, 0.5) is 0 Å². The second-order valence-corrected chi connectivity index (χ2v) is 9.76. The summed E-state index contributed by atoms with van der Waals surface area (Å²) in [6.45, 7) is 3.71. The van der Waals surface area contributed by atoms with Crippen LogP contribution in [0, 0.1) is 5.92 Å². The van der Waals surface area contributed by atoms with Crippen molar-refractivity contribution in [1.29, 1.82) is 0 Å². The Morgan fingerprint density at radius 3 is 2.35 bits per heavy atom. The van der Waals surface area contributed by atoms with E-state index in [0.717, 1.165) is 4.31 Å². The fourth-order valence-electron chi connectivity index (χ4n) is 2.08. The molecule has 114 valence electrons. The van der Waals surface area contributed by atoms with E-state index in [1.165, 1.54) is 12.5 Å². The van der Waals surface area contributed by atoms with E-state index in [1.807, 2.05) is 13.8 Å². The van der Waals surface area contributed by atoms with Crippen molar-refractivity contribution in [1.82, 2.24) is 13.9 Å². The average molecular weight is 321 g/mol. The van der Waals surface area contributed by atoms with Gasteiger partial charge in [-0.25, -0.2) is 21.8 Å². The van der Waals surface area contributed by atoms with E-state index >= 15 is 0 Å². The fourth-order valence-corrected chi connectivity index (χ4v) is 5.78. The molecular formula is C11H19N3O4S2. The first-order chi connectivity index (χ1) is 9.13. The number of sulfone groups is 1. The van der Waals surface area contributed by atoms with Gasteiger partial charge < -0.3 is 4.57 Å². The van der Waals surface area contributed by atoms with Gasteiger partial charge in [-0.05, 0) is 5.92 Å². The van der Waals surface area contributed by atoms with Gasteiger partial charge >= 0.3 is 0 Å². The number of nitrogens with zero attached hydrogens (tertiary/aromatic N) is 3. The Balaban J connectivity index is 2.07. The molecule has 0 aliphatic carbocycles. The number of imidazole rings is 1. The van der Waals surface area contributed by atoms with Crippen LogP contribution in [0.3, 0.4) is 0 Å². The summed E-state index contributed by atoms with van der Waals surface area (Å²) in [7, 11) is -5.21. The first kappa shape index (κ1) is 15.5. The number of aromatic nitrogens is 2. The SMILES string of the molecule is CC(C)CS(=O)(=O)C1CN(S(=O)(=O)c2cn(C)cn2)C1. The molecule has 0 saturated carbocycles. The topological polar surface area (TPSA) is 89.3 Å². The highest BCUT2D eigenvalue weighted by Gasteiger charge is 2.44. The quantitative estimate of drug-likeness (QED) is 0.753. The smallest absolute Gasteiger partial charge is 0.262 e. The Morgan fingerprint density at radius 1 is 1.30 bits per heavy atom.